The lowest BCUT2D eigenvalue weighted by Crippen LogP contribution is -2.27. The molecule has 3 aromatic carbocycles. The second-order valence-electron chi connectivity index (χ2n) is 7.70. The summed E-state index contributed by atoms with van der Waals surface area (Å²) in [6, 6.07) is 22.7. The van der Waals surface area contributed by atoms with Gasteiger partial charge in [0.25, 0.3) is 0 Å². The normalized spacial score (nSPS) is 10.8. The molecule has 6 nitrogen and oxygen atoms in total. The molecule has 0 saturated heterocycles. The van der Waals surface area contributed by atoms with Gasteiger partial charge in [-0.25, -0.2) is 0 Å². The summed E-state index contributed by atoms with van der Waals surface area (Å²) in [7, 11) is 3.30. The Balaban J connectivity index is 1.46. The highest BCUT2D eigenvalue weighted by Gasteiger charge is 2.08. The number of benzene rings is 3. The first-order valence-corrected chi connectivity index (χ1v) is 11.2. The fourth-order valence-corrected chi connectivity index (χ4v) is 3.48. The molecule has 1 N–H and O–H groups in total. The average molecular weight is 452 g/mol. The zero-order valence-electron chi connectivity index (χ0n) is 19.4. The van der Waals surface area contributed by atoms with Crippen molar-refractivity contribution in [2.75, 3.05) is 40.5 Å². The zero-order chi connectivity index (χ0) is 23.3. The van der Waals surface area contributed by atoms with E-state index < -0.39 is 0 Å². The third kappa shape index (κ3) is 8.58. The molecule has 0 aromatic heterocycles. The van der Waals surface area contributed by atoms with Gasteiger partial charge in [0.05, 0.1) is 27.4 Å². The number of aromatic hydroxyl groups is 1. The number of phenols is 1. The SMILES string of the molecule is COc1ccc(OCCCN(CCCOc2ccc(OC)cc2)Cc2cccc(O)c2)cc1. The van der Waals surface area contributed by atoms with Gasteiger partial charge in [-0.2, -0.15) is 0 Å². The van der Waals surface area contributed by atoms with E-state index in [2.05, 4.69) is 4.90 Å². The Morgan fingerprint density at radius 1 is 0.667 bits per heavy atom. The number of methoxy groups -OCH3 is 2. The van der Waals surface area contributed by atoms with Crippen molar-refractivity contribution in [1.82, 2.24) is 4.90 Å². The Labute approximate surface area is 196 Å². The van der Waals surface area contributed by atoms with Gasteiger partial charge in [0, 0.05) is 19.6 Å². The standard InChI is InChI=1S/C27H33NO5/c1-30-24-8-12-26(13-9-24)32-18-4-16-28(21-22-6-3-7-23(29)20-22)17-5-19-33-27-14-10-25(31-2)11-15-27/h3,6-15,20,29H,4-5,16-19,21H2,1-2H3. The van der Waals surface area contributed by atoms with Crippen molar-refractivity contribution in [2.45, 2.75) is 19.4 Å². The van der Waals surface area contributed by atoms with E-state index in [0.717, 1.165) is 61.0 Å². The lowest BCUT2D eigenvalue weighted by atomic mass is 10.2. The molecule has 0 aliphatic rings. The van der Waals surface area contributed by atoms with Crippen LogP contribution in [-0.4, -0.2) is 50.5 Å². The van der Waals surface area contributed by atoms with Crippen LogP contribution in [0.25, 0.3) is 0 Å². The van der Waals surface area contributed by atoms with Crippen LogP contribution in [0.2, 0.25) is 0 Å². The van der Waals surface area contributed by atoms with E-state index in [1.165, 1.54) is 0 Å². The molecule has 33 heavy (non-hydrogen) atoms. The Bertz CT molecular complexity index is 888. The molecule has 176 valence electrons. The fourth-order valence-electron chi connectivity index (χ4n) is 3.48. The van der Waals surface area contributed by atoms with E-state index in [4.69, 9.17) is 18.9 Å². The van der Waals surface area contributed by atoms with E-state index in [1.807, 2.05) is 66.7 Å². The molecule has 0 heterocycles. The van der Waals surface area contributed by atoms with E-state index in [-0.39, 0.29) is 5.75 Å². The molecule has 0 radical (unpaired) electrons. The Hall–Kier alpha value is -3.38. The van der Waals surface area contributed by atoms with Crippen molar-refractivity contribution >= 4 is 0 Å². The molecular formula is C27H33NO5. The smallest absolute Gasteiger partial charge is 0.119 e. The molecule has 0 aliphatic heterocycles. The molecule has 0 saturated carbocycles. The van der Waals surface area contributed by atoms with E-state index in [0.29, 0.717) is 13.2 Å². The maximum absolute atomic E-state index is 9.80. The summed E-state index contributed by atoms with van der Waals surface area (Å²) in [6.07, 6.45) is 1.79. The van der Waals surface area contributed by atoms with Gasteiger partial charge in [0.15, 0.2) is 0 Å². The van der Waals surface area contributed by atoms with Crippen LogP contribution in [0, 0.1) is 0 Å². The molecule has 3 rings (SSSR count). The molecule has 0 aliphatic carbocycles. The number of nitrogens with zero attached hydrogens (tertiary/aromatic N) is 1. The first-order valence-electron chi connectivity index (χ1n) is 11.2. The summed E-state index contributed by atoms with van der Waals surface area (Å²) >= 11 is 0. The van der Waals surface area contributed by atoms with Gasteiger partial charge in [-0.15, -0.1) is 0 Å². The first kappa shape index (κ1) is 24.3. The Kier molecular flexibility index (Phi) is 9.73. The topological polar surface area (TPSA) is 60.4 Å². The van der Waals surface area contributed by atoms with E-state index >= 15 is 0 Å². The van der Waals surface area contributed by atoms with Crippen molar-refractivity contribution in [3.63, 3.8) is 0 Å². The van der Waals surface area contributed by atoms with Crippen molar-refractivity contribution in [3.05, 3.63) is 78.4 Å². The van der Waals surface area contributed by atoms with Crippen molar-refractivity contribution in [1.29, 1.82) is 0 Å². The average Bonchev–Trinajstić information content (AvgIpc) is 2.85. The van der Waals surface area contributed by atoms with Crippen LogP contribution >= 0.6 is 0 Å². The van der Waals surface area contributed by atoms with Crippen LogP contribution in [0.4, 0.5) is 0 Å². The van der Waals surface area contributed by atoms with Crippen LogP contribution in [-0.2, 0) is 6.54 Å². The lowest BCUT2D eigenvalue weighted by Gasteiger charge is -2.23. The van der Waals surface area contributed by atoms with Gasteiger partial charge in [0.2, 0.25) is 0 Å². The summed E-state index contributed by atoms with van der Waals surface area (Å²) in [5.74, 6) is 3.59. The third-order valence-electron chi connectivity index (χ3n) is 5.21. The maximum atomic E-state index is 9.80. The van der Waals surface area contributed by atoms with Crippen LogP contribution in [0.15, 0.2) is 72.8 Å². The Morgan fingerprint density at radius 2 is 1.15 bits per heavy atom. The molecular weight excluding hydrogens is 418 g/mol. The fraction of sp³-hybridized carbons (Fsp3) is 0.333. The van der Waals surface area contributed by atoms with Crippen LogP contribution in [0.5, 0.6) is 28.7 Å². The van der Waals surface area contributed by atoms with Gasteiger partial charge in [-0.3, -0.25) is 4.90 Å². The molecule has 0 bridgehead atoms. The monoisotopic (exact) mass is 451 g/mol. The summed E-state index contributed by atoms with van der Waals surface area (Å²) in [6.45, 7) is 3.79. The van der Waals surface area contributed by atoms with Gasteiger partial charge >= 0.3 is 0 Å². The molecule has 0 amide bonds. The highest BCUT2D eigenvalue weighted by molar-refractivity contribution is 5.32. The molecule has 0 atom stereocenters. The summed E-state index contributed by atoms with van der Waals surface area (Å²) in [4.78, 5) is 2.36. The Morgan fingerprint density at radius 3 is 1.61 bits per heavy atom. The predicted molar refractivity (Wildman–Crippen MR) is 130 cm³/mol. The molecule has 0 fully saturated rings. The third-order valence-corrected chi connectivity index (χ3v) is 5.21. The molecule has 6 heteroatoms. The second kappa shape index (κ2) is 13.2. The lowest BCUT2D eigenvalue weighted by molar-refractivity contribution is 0.207. The molecule has 3 aromatic rings. The largest absolute Gasteiger partial charge is 0.508 e. The van der Waals surface area contributed by atoms with Gasteiger partial charge < -0.3 is 24.1 Å². The van der Waals surface area contributed by atoms with Crippen LogP contribution in [0.1, 0.15) is 18.4 Å². The number of hydrogen-bond acceptors (Lipinski definition) is 6. The first-order chi connectivity index (χ1) is 16.2. The number of rotatable bonds is 14. The molecule has 0 unspecified atom stereocenters. The van der Waals surface area contributed by atoms with Crippen molar-refractivity contribution in [3.8, 4) is 28.7 Å². The maximum Gasteiger partial charge on any atom is 0.119 e. The van der Waals surface area contributed by atoms with Crippen molar-refractivity contribution in [2.24, 2.45) is 0 Å². The van der Waals surface area contributed by atoms with E-state index in [9.17, 15) is 5.11 Å². The van der Waals surface area contributed by atoms with Crippen LogP contribution < -0.4 is 18.9 Å². The second-order valence-corrected chi connectivity index (χ2v) is 7.70. The van der Waals surface area contributed by atoms with Gasteiger partial charge in [-0.05, 0) is 79.1 Å². The minimum absolute atomic E-state index is 0.290. The van der Waals surface area contributed by atoms with Crippen molar-refractivity contribution < 1.29 is 24.1 Å². The van der Waals surface area contributed by atoms with Gasteiger partial charge in [0.1, 0.15) is 28.7 Å². The predicted octanol–water partition coefficient (Wildman–Crippen LogP) is 5.15. The number of hydrogen-bond donors (Lipinski definition) is 1. The highest BCUT2D eigenvalue weighted by Crippen LogP contribution is 2.19. The summed E-state index contributed by atoms with van der Waals surface area (Å²) < 4.78 is 22.1. The molecule has 0 spiro atoms. The van der Waals surface area contributed by atoms with E-state index in [1.54, 1.807) is 20.3 Å². The summed E-state index contributed by atoms with van der Waals surface area (Å²) in [5.41, 5.74) is 1.09. The number of ether oxygens (including phenoxy) is 4. The quantitative estimate of drug-likeness (QED) is 0.342. The number of phenolic OH excluding ortho intramolecular Hbond substituents is 1. The van der Waals surface area contributed by atoms with Crippen LogP contribution in [0.3, 0.4) is 0 Å². The highest BCUT2D eigenvalue weighted by atomic mass is 16.5. The van der Waals surface area contributed by atoms with Gasteiger partial charge in [-0.1, -0.05) is 12.1 Å². The zero-order valence-corrected chi connectivity index (χ0v) is 19.4. The summed E-state index contributed by atoms with van der Waals surface area (Å²) in [5, 5.41) is 9.80. The minimum Gasteiger partial charge on any atom is -0.508 e. The minimum atomic E-state index is 0.290.